The van der Waals surface area contributed by atoms with Crippen molar-refractivity contribution in [3.63, 3.8) is 0 Å². The van der Waals surface area contributed by atoms with E-state index < -0.39 is 11.4 Å². The summed E-state index contributed by atoms with van der Waals surface area (Å²) in [4.78, 5) is 23.6. The fourth-order valence-electron chi connectivity index (χ4n) is 1.66. The van der Waals surface area contributed by atoms with E-state index in [1.807, 2.05) is 0 Å². The van der Waals surface area contributed by atoms with Crippen LogP contribution < -0.4 is 0 Å². The van der Waals surface area contributed by atoms with Crippen molar-refractivity contribution < 1.29 is 19.1 Å². The Morgan fingerprint density at radius 2 is 2.13 bits per heavy atom. The zero-order valence-corrected chi connectivity index (χ0v) is 9.54. The molecule has 4 heteroatoms. The van der Waals surface area contributed by atoms with Gasteiger partial charge in [0.25, 0.3) is 0 Å². The second kappa shape index (κ2) is 4.75. The molecule has 0 bridgehead atoms. The van der Waals surface area contributed by atoms with E-state index in [4.69, 9.17) is 9.47 Å². The van der Waals surface area contributed by atoms with Crippen molar-refractivity contribution in [3.8, 4) is 0 Å². The Morgan fingerprint density at radius 3 is 2.60 bits per heavy atom. The molecule has 0 radical (unpaired) electrons. The van der Waals surface area contributed by atoms with Gasteiger partial charge in [0.05, 0.1) is 13.2 Å². The predicted octanol–water partition coefficient (Wildman–Crippen LogP) is 1.18. The molecule has 1 saturated heterocycles. The molecule has 0 aromatic rings. The topological polar surface area (TPSA) is 52.6 Å². The normalized spacial score (nSPS) is 21.4. The van der Waals surface area contributed by atoms with Crippen LogP contribution in [-0.4, -0.2) is 31.6 Å². The number of ether oxygens (including phenoxy) is 2. The van der Waals surface area contributed by atoms with E-state index in [-0.39, 0.29) is 11.7 Å². The number of ketones is 1. The van der Waals surface area contributed by atoms with Gasteiger partial charge in [-0.1, -0.05) is 0 Å². The van der Waals surface area contributed by atoms with E-state index in [9.17, 15) is 9.59 Å². The molecular formula is C11H18O4. The summed E-state index contributed by atoms with van der Waals surface area (Å²) in [6, 6.07) is 0. The molecule has 1 aliphatic heterocycles. The quantitative estimate of drug-likeness (QED) is 0.521. The third kappa shape index (κ3) is 2.56. The number of rotatable bonds is 4. The maximum absolute atomic E-state index is 12.0. The largest absolute Gasteiger partial charge is 0.465 e. The van der Waals surface area contributed by atoms with Gasteiger partial charge in [0, 0.05) is 12.5 Å². The maximum Gasteiger partial charge on any atom is 0.319 e. The average Bonchev–Trinajstić information content (AvgIpc) is 2.69. The van der Waals surface area contributed by atoms with Gasteiger partial charge in [-0.15, -0.1) is 0 Å². The molecule has 1 atom stereocenters. The van der Waals surface area contributed by atoms with Crippen molar-refractivity contribution in [1.82, 2.24) is 0 Å². The molecule has 0 saturated carbocycles. The Balaban J connectivity index is 2.66. The molecule has 1 unspecified atom stereocenters. The highest BCUT2D eigenvalue weighted by Crippen LogP contribution is 2.27. The number of hydrogen-bond donors (Lipinski definition) is 0. The lowest BCUT2D eigenvalue weighted by molar-refractivity contribution is -0.159. The third-order valence-corrected chi connectivity index (χ3v) is 2.70. The first-order valence-corrected chi connectivity index (χ1v) is 5.29. The van der Waals surface area contributed by atoms with Crippen LogP contribution in [-0.2, 0) is 19.1 Å². The van der Waals surface area contributed by atoms with Crippen LogP contribution in [0.4, 0.5) is 0 Å². The SMILES string of the molecule is CCOC(=O)C(C)(C)C(=O)C1CCOC1. The molecular weight excluding hydrogens is 196 g/mol. The Bertz CT molecular complexity index is 251. The standard InChI is InChI=1S/C11H18O4/c1-4-15-10(13)11(2,3)9(12)8-5-6-14-7-8/h8H,4-7H2,1-3H3. The van der Waals surface area contributed by atoms with Crippen LogP contribution >= 0.6 is 0 Å². The highest BCUT2D eigenvalue weighted by atomic mass is 16.5. The Hall–Kier alpha value is -0.900. The number of carbonyl (C=O) groups excluding carboxylic acids is 2. The fourth-order valence-corrected chi connectivity index (χ4v) is 1.66. The highest BCUT2D eigenvalue weighted by Gasteiger charge is 2.42. The van der Waals surface area contributed by atoms with Gasteiger partial charge < -0.3 is 9.47 Å². The molecule has 1 aliphatic rings. The molecule has 15 heavy (non-hydrogen) atoms. The van der Waals surface area contributed by atoms with Crippen molar-refractivity contribution in [2.45, 2.75) is 27.2 Å². The number of esters is 1. The first-order valence-electron chi connectivity index (χ1n) is 5.29. The van der Waals surface area contributed by atoms with Crippen molar-refractivity contribution in [3.05, 3.63) is 0 Å². The summed E-state index contributed by atoms with van der Waals surface area (Å²) < 4.78 is 10.0. The molecule has 1 heterocycles. The van der Waals surface area contributed by atoms with Crippen LogP contribution in [0.25, 0.3) is 0 Å². The average molecular weight is 214 g/mol. The Kier molecular flexibility index (Phi) is 3.85. The molecule has 1 rings (SSSR count). The second-order valence-corrected chi connectivity index (χ2v) is 4.27. The van der Waals surface area contributed by atoms with Gasteiger partial charge in [-0.05, 0) is 27.2 Å². The van der Waals surface area contributed by atoms with Crippen LogP contribution in [0.3, 0.4) is 0 Å². The summed E-state index contributed by atoms with van der Waals surface area (Å²) in [6.07, 6.45) is 0.710. The lowest BCUT2D eigenvalue weighted by atomic mass is 9.81. The third-order valence-electron chi connectivity index (χ3n) is 2.70. The monoisotopic (exact) mass is 214 g/mol. The van der Waals surface area contributed by atoms with Crippen molar-refractivity contribution >= 4 is 11.8 Å². The number of carbonyl (C=O) groups is 2. The van der Waals surface area contributed by atoms with Gasteiger partial charge in [-0.3, -0.25) is 9.59 Å². The van der Waals surface area contributed by atoms with Gasteiger partial charge in [-0.2, -0.15) is 0 Å². The minimum Gasteiger partial charge on any atom is -0.465 e. The van der Waals surface area contributed by atoms with Crippen molar-refractivity contribution in [2.75, 3.05) is 19.8 Å². The smallest absolute Gasteiger partial charge is 0.319 e. The van der Waals surface area contributed by atoms with E-state index in [2.05, 4.69) is 0 Å². The van der Waals surface area contributed by atoms with Gasteiger partial charge in [0.2, 0.25) is 0 Å². The van der Waals surface area contributed by atoms with Crippen LogP contribution in [0, 0.1) is 11.3 Å². The first-order chi connectivity index (χ1) is 7.00. The fraction of sp³-hybridized carbons (Fsp3) is 0.818. The molecule has 86 valence electrons. The van der Waals surface area contributed by atoms with Crippen molar-refractivity contribution in [1.29, 1.82) is 0 Å². The minimum absolute atomic E-state index is 0.0709. The van der Waals surface area contributed by atoms with E-state index in [0.29, 0.717) is 26.2 Å². The molecule has 0 amide bonds. The van der Waals surface area contributed by atoms with Gasteiger partial charge in [0.15, 0.2) is 5.78 Å². The first kappa shape index (κ1) is 12.2. The summed E-state index contributed by atoms with van der Waals surface area (Å²) in [5.74, 6) is -0.662. The summed E-state index contributed by atoms with van der Waals surface area (Å²) in [7, 11) is 0. The van der Waals surface area contributed by atoms with Gasteiger partial charge in [0.1, 0.15) is 5.41 Å². The summed E-state index contributed by atoms with van der Waals surface area (Å²) in [5.41, 5.74) is -1.05. The highest BCUT2D eigenvalue weighted by molar-refractivity contribution is 6.04. The molecule has 0 N–H and O–H groups in total. The maximum atomic E-state index is 12.0. The van der Waals surface area contributed by atoms with Crippen LogP contribution in [0.2, 0.25) is 0 Å². The van der Waals surface area contributed by atoms with Crippen LogP contribution in [0.15, 0.2) is 0 Å². The molecule has 0 aromatic carbocycles. The van der Waals surface area contributed by atoms with Crippen LogP contribution in [0.1, 0.15) is 27.2 Å². The molecule has 1 fully saturated rings. The van der Waals surface area contributed by atoms with E-state index in [1.54, 1.807) is 20.8 Å². The minimum atomic E-state index is -1.05. The number of Topliss-reactive ketones (excluding diaryl/α,β-unsaturated/α-hetero) is 1. The van der Waals surface area contributed by atoms with E-state index >= 15 is 0 Å². The molecule has 0 aromatic heterocycles. The lowest BCUT2D eigenvalue weighted by Gasteiger charge is -2.23. The summed E-state index contributed by atoms with van der Waals surface area (Å²) >= 11 is 0. The second-order valence-electron chi connectivity index (χ2n) is 4.27. The molecule has 4 nitrogen and oxygen atoms in total. The van der Waals surface area contributed by atoms with Crippen LogP contribution in [0.5, 0.6) is 0 Å². The molecule has 0 spiro atoms. The number of hydrogen-bond acceptors (Lipinski definition) is 4. The zero-order valence-electron chi connectivity index (χ0n) is 9.54. The van der Waals surface area contributed by atoms with Gasteiger partial charge >= 0.3 is 5.97 Å². The Morgan fingerprint density at radius 1 is 1.47 bits per heavy atom. The van der Waals surface area contributed by atoms with E-state index in [0.717, 1.165) is 0 Å². The zero-order chi connectivity index (χ0) is 11.5. The van der Waals surface area contributed by atoms with Gasteiger partial charge in [-0.25, -0.2) is 0 Å². The summed E-state index contributed by atoms with van der Waals surface area (Å²) in [6.45, 7) is 6.31. The predicted molar refractivity (Wildman–Crippen MR) is 54.3 cm³/mol. The summed E-state index contributed by atoms with van der Waals surface area (Å²) in [5, 5.41) is 0. The van der Waals surface area contributed by atoms with E-state index in [1.165, 1.54) is 0 Å². The van der Waals surface area contributed by atoms with Crippen molar-refractivity contribution in [2.24, 2.45) is 11.3 Å². The lowest BCUT2D eigenvalue weighted by Crippen LogP contribution is -2.39. The molecule has 0 aliphatic carbocycles. The Labute approximate surface area is 89.9 Å².